The number of hydrogen-bond acceptors (Lipinski definition) is 9. The Morgan fingerprint density at radius 1 is 0.889 bits per heavy atom. The van der Waals surface area contributed by atoms with Gasteiger partial charge < -0.3 is 39.2 Å². The zero-order valence-corrected chi connectivity index (χ0v) is 25.4. The number of piperidine rings is 1. The van der Waals surface area contributed by atoms with Crippen molar-refractivity contribution >= 4 is 10.8 Å². The van der Waals surface area contributed by atoms with Crippen molar-refractivity contribution in [3.05, 3.63) is 102 Å². The first-order valence-corrected chi connectivity index (χ1v) is 15.2. The van der Waals surface area contributed by atoms with Gasteiger partial charge in [-0.05, 0) is 52.9 Å². The molecule has 1 saturated heterocycles. The van der Waals surface area contributed by atoms with Crippen molar-refractivity contribution in [1.82, 2.24) is 5.32 Å². The zero-order chi connectivity index (χ0) is 31.4. The molecule has 0 spiro atoms. The Morgan fingerprint density at radius 2 is 1.62 bits per heavy atom. The van der Waals surface area contributed by atoms with E-state index in [1.807, 2.05) is 60.7 Å². The summed E-state index contributed by atoms with van der Waals surface area (Å²) in [6, 6.07) is 29.5. The fraction of sp³-hybridized carbons (Fsp3) is 0.361. The second-order valence-corrected chi connectivity index (χ2v) is 11.0. The second kappa shape index (κ2) is 16.2. The Bertz CT molecular complexity index is 1560. The lowest BCUT2D eigenvalue weighted by Crippen LogP contribution is -2.51. The number of fused-ring (bicyclic) bond motifs is 1. The Labute approximate surface area is 263 Å². The molecule has 4 aromatic carbocycles. The summed E-state index contributed by atoms with van der Waals surface area (Å²) in [6.07, 6.45) is -0.789. The predicted octanol–water partition coefficient (Wildman–Crippen LogP) is 4.58. The molecule has 3 N–H and O–H groups in total. The molecule has 0 radical (unpaired) electrons. The van der Waals surface area contributed by atoms with E-state index in [0.29, 0.717) is 50.6 Å². The van der Waals surface area contributed by atoms with Crippen LogP contribution >= 0.6 is 0 Å². The van der Waals surface area contributed by atoms with Gasteiger partial charge >= 0.3 is 0 Å². The highest BCUT2D eigenvalue weighted by Gasteiger charge is 2.36. The minimum Gasteiger partial charge on any atom is -0.496 e. The van der Waals surface area contributed by atoms with Gasteiger partial charge in [-0.1, -0.05) is 48.5 Å². The Hall–Kier alpha value is -4.17. The largest absolute Gasteiger partial charge is 0.496 e. The number of hydrogen-bond donors (Lipinski definition) is 3. The molecular formula is C36H40N2O7. The summed E-state index contributed by atoms with van der Waals surface area (Å²) in [5.41, 5.74) is 2.55. The summed E-state index contributed by atoms with van der Waals surface area (Å²) >= 11 is 0. The topological polar surface area (TPSA) is 122 Å². The smallest absolute Gasteiger partial charge is 0.137 e. The summed E-state index contributed by atoms with van der Waals surface area (Å²) in [5, 5.41) is 34.1. The van der Waals surface area contributed by atoms with E-state index in [4.69, 9.17) is 23.7 Å². The van der Waals surface area contributed by atoms with E-state index in [0.717, 1.165) is 33.4 Å². The molecule has 1 fully saturated rings. The van der Waals surface area contributed by atoms with Crippen molar-refractivity contribution in [3.63, 3.8) is 0 Å². The number of ether oxygens (including phenoxy) is 5. The Kier molecular flexibility index (Phi) is 11.6. The standard InChI is InChI=1S/C36H40N2O7/c1-41-33-18-25(17-27-7-2-4-9-31(27)33)23-44-34-20-38-21-35(45-24-29(40)22-39)36(34)26-11-13-30(14-12-26)42-15-6-16-43-32-10-5-3-8-28(32)19-37/h2-5,7-14,17-18,29,34-36,38-40H,6,15-16,20-24H2,1H3/t29-,34-,35+,36+/m0/s1. The summed E-state index contributed by atoms with van der Waals surface area (Å²) in [7, 11) is 1.67. The molecule has 0 unspecified atom stereocenters. The Morgan fingerprint density at radius 3 is 2.40 bits per heavy atom. The van der Waals surface area contributed by atoms with Crippen molar-refractivity contribution in [1.29, 1.82) is 5.26 Å². The summed E-state index contributed by atoms with van der Waals surface area (Å²) in [6.45, 7) is 2.16. The van der Waals surface area contributed by atoms with E-state index in [2.05, 4.69) is 23.5 Å². The van der Waals surface area contributed by atoms with Gasteiger partial charge in [-0.2, -0.15) is 5.26 Å². The van der Waals surface area contributed by atoms with Gasteiger partial charge in [-0.25, -0.2) is 0 Å². The normalized spacial score (nSPS) is 18.7. The minimum atomic E-state index is -0.954. The molecular weight excluding hydrogens is 572 g/mol. The number of nitrogens with zero attached hydrogens (tertiary/aromatic N) is 1. The van der Waals surface area contributed by atoms with Crippen LogP contribution in [-0.2, 0) is 16.1 Å². The van der Waals surface area contributed by atoms with Gasteiger partial charge in [-0.3, -0.25) is 0 Å². The lowest BCUT2D eigenvalue weighted by atomic mass is 9.85. The van der Waals surface area contributed by atoms with E-state index in [1.54, 1.807) is 19.2 Å². The highest BCUT2D eigenvalue weighted by molar-refractivity contribution is 5.89. The fourth-order valence-electron chi connectivity index (χ4n) is 5.60. The zero-order valence-electron chi connectivity index (χ0n) is 25.4. The van der Waals surface area contributed by atoms with E-state index in [-0.39, 0.29) is 31.3 Å². The van der Waals surface area contributed by atoms with E-state index in [9.17, 15) is 15.5 Å². The molecule has 45 heavy (non-hydrogen) atoms. The van der Waals surface area contributed by atoms with Crippen molar-refractivity contribution in [2.24, 2.45) is 0 Å². The molecule has 9 heteroatoms. The predicted molar refractivity (Wildman–Crippen MR) is 171 cm³/mol. The summed E-state index contributed by atoms with van der Waals surface area (Å²) < 4.78 is 30.0. The maximum Gasteiger partial charge on any atom is 0.137 e. The molecule has 236 valence electrons. The maximum absolute atomic E-state index is 9.97. The van der Waals surface area contributed by atoms with Gasteiger partial charge in [0.15, 0.2) is 0 Å². The highest BCUT2D eigenvalue weighted by atomic mass is 16.5. The van der Waals surface area contributed by atoms with Crippen molar-refractivity contribution < 1.29 is 33.9 Å². The number of nitrogens with one attached hydrogen (secondary N) is 1. The number of rotatable bonds is 15. The molecule has 0 amide bonds. The van der Waals surface area contributed by atoms with Crippen LogP contribution in [0.2, 0.25) is 0 Å². The van der Waals surface area contributed by atoms with Crippen molar-refractivity contribution in [2.45, 2.75) is 37.3 Å². The van der Waals surface area contributed by atoms with E-state index in [1.165, 1.54) is 0 Å². The first kappa shape index (κ1) is 32.2. The third kappa shape index (κ3) is 8.51. The van der Waals surface area contributed by atoms with Gasteiger partial charge in [0.1, 0.15) is 29.4 Å². The van der Waals surface area contributed by atoms with Crippen LogP contribution in [0.3, 0.4) is 0 Å². The molecule has 1 heterocycles. The highest BCUT2D eigenvalue weighted by Crippen LogP contribution is 2.33. The molecule has 9 nitrogen and oxygen atoms in total. The van der Waals surface area contributed by atoms with Crippen molar-refractivity contribution in [3.8, 4) is 23.3 Å². The van der Waals surface area contributed by atoms with Crippen LogP contribution < -0.4 is 19.5 Å². The van der Waals surface area contributed by atoms with Gasteiger partial charge in [0.2, 0.25) is 0 Å². The van der Waals surface area contributed by atoms with Crippen LogP contribution in [0.4, 0.5) is 0 Å². The third-order valence-electron chi connectivity index (χ3n) is 7.86. The molecule has 4 aromatic rings. The average molecular weight is 613 g/mol. The monoisotopic (exact) mass is 612 g/mol. The van der Waals surface area contributed by atoms with Gasteiger partial charge in [0.25, 0.3) is 0 Å². The fourth-order valence-corrected chi connectivity index (χ4v) is 5.60. The van der Waals surface area contributed by atoms with Crippen LogP contribution in [0.1, 0.15) is 29.0 Å². The van der Waals surface area contributed by atoms with E-state index < -0.39 is 6.10 Å². The first-order valence-electron chi connectivity index (χ1n) is 15.2. The molecule has 1 aliphatic heterocycles. The van der Waals surface area contributed by atoms with Gasteiger partial charge in [-0.15, -0.1) is 0 Å². The van der Waals surface area contributed by atoms with Gasteiger partial charge in [0, 0.05) is 30.8 Å². The number of methoxy groups -OCH3 is 1. The third-order valence-corrected chi connectivity index (χ3v) is 7.86. The number of aliphatic hydroxyl groups is 2. The molecule has 1 aliphatic rings. The average Bonchev–Trinajstić information content (AvgIpc) is 3.09. The number of para-hydroxylation sites is 1. The molecule has 4 atom stereocenters. The van der Waals surface area contributed by atoms with Gasteiger partial charge in [0.05, 0.1) is 57.9 Å². The first-order chi connectivity index (χ1) is 22.1. The molecule has 0 aromatic heterocycles. The summed E-state index contributed by atoms with van der Waals surface area (Å²) in [4.78, 5) is 0. The summed E-state index contributed by atoms with van der Waals surface area (Å²) in [5.74, 6) is 1.99. The molecule has 0 bridgehead atoms. The van der Waals surface area contributed by atoms with Crippen LogP contribution in [-0.4, -0.2) is 75.2 Å². The SMILES string of the molecule is COc1cc(CO[C@H]2CNC[C@@H](OC[C@@H](O)CO)[C@@H]2c2ccc(OCCCOc3ccccc3C#N)cc2)cc2ccccc12. The molecule has 0 aliphatic carbocycles. The lowest BCUT2D eigenvalue weighted by molar-refractivity contribution is -0.0833. The molecule has 5 rings (SSSR count). The van der Waals surface area contributed by atoms with Crippen LogP contribution in [0.5, 0.6) is 17.2 Å². The lowest BCUT2D eigenvalue weighted by Gasteiger charge is -2.39. The minimum absolute atomic E-state index is 0.0239. The number of nitriles is 1. The van der Waals surface area contributed by atoms with Crippen LogP contribution in [0.25, 0.3) is 10.8 Å². The van der Waals surface area contributed by atoms with Crippen molar-refractivity contribution in [2.75, 3.05) is 46.6 Å². The molecule has 0 saturated carbocycles. The van der Waals surface area contributed by atoms with Crippen LogP contribution in [0.15, 0.2) is 84.9 Å². The number of aliphatic hydroxyl groups excluding tert-OH is 2. The second-order valence-electron chi connectivity index (χ2n) is 11.0. The van der Waals surface area contributed by atoms with Crippen LogP contribution in [0, 0.1) is 11.3 Å². The maximum atomic E-state index is 9.97. The Balaban J connectivity index is 1.24. The number of benzene rings is 4. The quantitative estimate of drug-likeness (QED) is 0.166. The van der Waals surface area contributed by atoms with E-state index >= 15 is 0 Å².